The first kappa shape index (κ1) is 15.7. The Labute approximate surface area is 137 Å². The van der Waals surface area contributed by atoms with E-state index in [-0.39, 0.29) is 11.7 Å². The number of likely N-dealkylation sites (tertiary alicyclic amines) is 1. The number of nitrogens with zero attached hydrogens (tertiary/aromatic N) is 2. The van der Waals surface area contributed by atoms with E-state index in [1.54, 1.807) is 7.11 Å². The standard InChI is InChI=1S/C19H22N2O2/c1-23-18-9-4-6-15(12-18)19(22)16-7-5-11-21(13-16)14-17-8-2-3-10-20-17/h2-4,6,8-10,12,16H,5,7,11,13-14H2,1H3/t16-/m1/s1. The highest BCUT2D eigenvalue weighted by atomic mass is 16.5. The number of hydrogen-bond acceptors (Lipinski definition) is 4. The first-order valence-electron chi connectivity index (χ1n) is 8.07. The van der Waals surface area contributed by atoms with Crippen molar-refractivity contribution in [2.45, 2.75) is 19.4 Å². The van der Waals surface area contributed by atoms with E-state index in [0.29, 0.717) is 0 Å². The summed E-state index contributed by atoms with van der Waals surface area (Å²) in [7, 11) is 1.62. The topological polar surface area (TPSA) is 42.4 Å². The third-order valence-corrected chi connectivity index (χ3v) is 4.34. The van der Waals surface area contributed by atoms with Gasteiger partial charge in [-0.2, -0.15) is 0 Å². The molecular formula is C19H22N2O2. The van der Waals surface area contributed by atoms with E-state index in [4.69, 9.17) is 4.74 Å². The van der Waals surface area contributed by atoms with Crippen molar-refractivity contribution in [3.63, 3.8) is 0 Å². The molecule has 1 aliphatic heterocycles. The molecule has 0 radical (unpaired) electrons. The quantitative estimate of drug-likeness (QED) is 0.796. The van der Waals surface area contributed by atoms with Crippen molar-refractivity contribution in [3.8, 4) is 5.75 Å². The molecule has 120 valence electrons. The molecule has 1 saturated heterocycles. The van der Waals surface area contributed by atoms with Crippen LogP contribution in [0.5, 0.6) is 5.75 Å². The summed E-state index contributed by atoms with van der Waals surface area (Å²) >= 11 is 0. The predicted molar refractivity (Wildman–Crippen MR) is 89.6 cm³/mol. The predicted octanol–water partition coefficient (Wildman–Crippen LogP) is 3.19. The maximum Gasteiger partial charge on any atom is 0.167 e. The molecule has 0 bridgehead atoms. The molecular weight excluding hydrogens is 288 g/mol. The SMILES string of the molecule is COc1cccc(C(=O)[C@@H]2CCCN(Cc3ccccn3)C2)c1. The Hall–Kier alpha value is -2.20. The van der Waals surface area contributed by atoms with Gasteiger partial charge in [0.15, 0.2) is 5.78 Å². The molecule has 1 aromatic carbocycles. The van der Waals surface area contributed by atoms with Crippen LogP contribution in [0.4, 0.5) is 0 Å². The van der Waals surface area contributed by atoms with Gasteiger partial charge in [0, 0.05) is 30.8 Å². The van der Waals surface area contributed by atoms with Gasteiger partial charge in [-0.3, -0.25) is 14.7 Å². The van der Waals surface area contributed by atoms with Crippen LogP contribution in [-0.2, 0) is 6.54 Å². The van der Waals surface area contributed by atoms with Gasteiger partial charge in [-0.15, -0.1) is 0 Å². The molecule has 4 nitrogen and oxygen atoms in total. The third kappa shape index (κ3) is 3.96. The molecule has 0 aliphatic carbocycles. The summed E-state index contributed by atoms with van der Waals surface area (Å²) in [6, 6.07) is 13.4. The number of pyridine rings is 1. The number of hydrogen-bond donors (Lipinski definition) is 0. The van der Waals surface area contributed by atoms with Gasteiger partial charge >= 0.3 is 0 Å². The van der Waals surface area contributed by atoms with E-state index >= 15 is 0 Å². The second-order valence-corrected chi connectivity index (χ2v) is 5.99. The molecule has 1 aromatic heterocycles. The minimum atomic E-state index is 0.0552. The van der Waals surface area contributed by atoms with Crippen LogP contribution >= 0.6 is 0 Å². The van der Waals surface area contributed by atoms with Crippen molar-refractivity contribution >= 4 is 5.78 Å². The minimum absolute atomic E-state index is 0.0552. The number of piperidine rings is 1. The van der Waals surface area contributed by atoms with Crippen LogP contribution < -0.4 is 4.74 Å². The zero-order valence-corrected chi connectivity index (χ0v) is 13.4. The average molecular weight is 310 g/mol. The van der Waals surface area contributed by atoms with Crippen LogP contribution in [0, 0.1) is 5.92 Å². The van der Waals surface area contributed by atoms with Crippen LogP contribution in [0.25, 0.3) is 0 Å². The van der Waals surface area contributed by atoms with Crippen LogP contribution in [0.2, 0.25) is 0 Å². The van der Waals surface area contributed by atoms with Gasteiger partial charge in [0.2, 0.25) is 0 Å². The molecule has 0 N–H and O–H groups in total. The largest absolute Gasteiger partial charge is 0.497 e. The summed E-state index contributed by atoms with van der Waals surface area (Å²) in [6.07, 6.45) is 3.82. The lowest BCUT2D eigenvalue weighted by atomic mass is 9.90. The summed E-state index contributed by atoms with van der Waals surface area (Å²) in [5.41, 5.74) is 1.80. The Morgan fingerprint density at radius 3 is 3.00 bits per heavy atom. The molecule has 0 unspecified atom stereocenters. The lowest BCUT2D eigenvalue weighted by Gasteiger charge is -2.31. The lowest BCUT2D eigenvalue weighted by molar-refractivity contribution is 0.0810. The first-order chi connectivity index (χ1) is 11.3. The van der Waals surface area contributed by atoms with Crippen LogP contribution in [0.15, 0.2) is 48.7 Å². The van der Waals surface area contributed by atoms with Gasteiger partial charge < -0.3 is 4.74 Å². The number of carbonyl (C=O) groups is 1. The van der Waals surface area contributed by atoms with E-state index in [9.17, 15) is 4.79 Å². The zero-order chi connectivity index (χ0) is 16.1. The van der Waals surface area contributed by atoms with Crippen molar-refractivity contribution < 1.29 is 9.53 Å². The fourth-order valence-electron chi connectivity index (χ4n) is 3.15. The van der Waals surface area contributed by atoms with Gasteiger partial charge in [-0.25, -0.2) is 0 Å². The van der Waals surface area contributed by atoms with E-state index in [1.165, 1.54) is 0 Å². The van der Waals surface area contributed by atoms with Gasteiger partial charge in [0.25, 0.3) is 0 Å². The fourth-order valence-corrected chi connectivity index (χ4v) is 3.15. The van der Waals surface area contributed by atoms with Crippen molar-refractivity contribution in [1.29, 1.82) is 0 Å². The maximum atomic E-state index is 12.8. The van der Waals surface area contributed by atoms with Crippen molar-refractivity contribution in [1.82, 2.24) is 9.88 Å². The Balaban J connectivity index is 1.66. The molecule has 0 saturated carbocycles. The summed E-state index contributed by atoms with van der Waals surface area (Å²) < 4.78 is 5.22. The molecule has 23 heavy (non-hydrogen) atoms. The highest BCUT2D eigenvalue weighted by Crippen LogP contribution is 2.23. The van der Waals surface area contributed by atoms with Gasteiger partial charge in [-0.05, 0) is 43.7 Å². The van der Waals surface area contributed by atoms with Gasteiger partial charge in [0.1, 0.15) is 5.75 Å². The smallest absolute Gasteiger partial charge is 0.167 e. The van der Waals surface area contributed by atoms with E-state index in [1.807, 2.05) is 48.7 Å². The number of rotatable bonds is 5. The highest BCUT2D eigenvalue weighted by molar-refractivity contribution is 5.98. The minimum Gasteiger partial charge on any atom is -0.497 e. The number of benzene rings is 1. The molecule has 2 heterocycles. The number of Topliss-reactive ketones (excluding diaryl/α,β-unsaturated/α-hetero) is 1. The molecule has 1 aliphatic rings. The molecule has 4 heteroatoms. The van der Waals surface area contributed by atoms with Crippen LogP contribution in [0.3, 0.4) is 0 Å². The summed E-state index contributed by atoms with van der Waals surface area (Å²) in [5.74, 6) is 1.01. The molecule has 3 rings (SSSR count). The van der Waals surface area contributed by atoms with Gasteiger partial charge in [-0.1, -0.05) is 18.2 Å². The van der Waals surface area contributed by atoms with Gasteiger partial charge in [0.05, 0.1) is 12.8 Å². The fraction of sp³-hybridized carbons (Fsp3) is 0.368. The van der Waals surface area contributed by atoms with Crippen molar-refractivity contribution in [3.05, 3.63) is 59.9 Å². The summed E-state index contributed by atoms with van der Waals surface area (Å²) in [6.45, 7) is 2.63. The number of methoxy groups -OCH3 is 1. The van der Waals surface area contributed by atoms with E-state index in [2.05, 4.69) is 9.88 Å². The average Bonchev–Trinajstić information content (AvgIpc) is 2.62. The van der Waals surface area contributed by atoms with Crippen LogP contribution in [0.1, 0.15) is 28.9 Å². The number of ether oxygens (including phenoxy) is 1. The van der Waals surface area contributed by atoms with Crippen molar-refractivity contribution in [2.75, 3.05) is 20.2 Å². The maximum absolute atomic E-state index is 12.8. The summed E-state index contributed by atoms with van der Waals surface area (Å²) in [5, 5.41) is 0. The lowest BCUT2D eigenvalue weighted by Crippen LogP contribution is -2.38. The zero-order valence-electron chi connectivity index (χ0n) is 13.4. The second-order valence-electron chi connectivity index (χ2n) is 5.99. The van der Waals surface area contributed by atoms with E-state index < -0.39 is 0 Å². The van der Waals surface area contributed by atoms with Crippen LogP contribution in [-0.4, -0.2) is 35.9 Å². The number of aromatic nitrogens is 1. The normalized spacial score (nSPS) is 18.6. The third-order valence-electron chi connectivity index (χ3n) is 4.34. The highest BCUT2D eigenvalue weighted by Gasteiger charge is 2.26. The molecule has 1 atom stereocenters. The first-order valence-corrected chi connectivity index (χ1v) is 8.07. The molecule has 2 aromatic rings. The molecule has 1 fully saturated rings. The Morgan fingerprint density at radius 2 is 2.22 bits per heavy atom. The number of carbonyl (C=O) groups excluding carboxylic acids is 1. The Morgan fingerprint density at radius 1 is 1.30 bits per heavy atom. The van der Waals surface area contributed by atoms with E-state index in [0.717, 1.165) is 49.5 Å². The molecule has 0 spiro atoms. The Kier molecular flexibility index (Phi) is 5.03. The Bertz CT molecular complexity index is 657. The second kappa shape index (κ2) is 7.38. The number of ketones is 1. The molecule has 0 amide bonds. The van der Waals surface area contributed by atoms with Crippen molar-refractivity contribution in [2.24, 2.45) is 5.92 Å². The monoisotopic (exact) mass is 310 g/mol. The summed E-state index contributed by atoms with van der Waals surface area (Å²) in [4.78, 5) is 19.5.